The summed E-state index contributed by atoms with van der Waals surface area (Å²) >= 11 is 5.73. The van der Waals surface area contributed by atoms with E-state index < -0.39 is 17.7 Å². The topological polar surface area (TPSA) is 55.4 Å². The normalized spacial score (nSPS) is 10.5. The molecule has 1 N–H and O–H groups in total. The Morgan fingerprint density at radius 2 is 1.84 bits per heavy atom. The van der Waals surface area contributed by atoms with Gasteiger partial charge in [0, 0.05) is 18.0 Å². The second-order valence-corrected chi connectivity index (χ2v) is 5.75. The minimum absolute atomic E-state index is 0.100. The molecule has 0 heterocycles. The third-order valence-electron chi connectivity index (χ3n) is 3.55. The van der Waals surface area contributed by atoms with Crippen LogP contribution in [0.5, 0.6) is 5.75 Å². The van der Waals surface area contributed by atoms with Gasteiger partial charge in [-0.05, 0) is 29.7 Å². The lowest BCUT2D eigenvalue weighted by atomic mass is 10.0. The van der Waals surface area contributed by atoms with E-state index in [-0.39, 0.29) is 16.3 Å². The maximum Gasteiger partial charge on any atom is 0.308 e. The number of benzene rings is 3. The zero-order valence-electron chi connectivity index (χ0n) is 13.2. The van der Waals surface area contributed by atoms with Gasteiger partial charge in [0.2, 0.25) is 0 Å². The van der Waals surface area contributed by atoms with Gasteiger partial charge in [-0.2, -0.15) is 0 Å². The number of rotatable bonds is 3. The molecule has 0 aliphatic rings. The fourth-order valence-electron chi connectivity index (χ4n) is 2.45. The maximum absolute atomic E-state index is 13.2. The molecule has 0 aliphatic heterocycles. The van der Waals surface area contributed by atoms with Gasteiger partial charge in [-0.3, -0.25) is 9.59 Å². The van der Waals surface area contributed by atoms with Crippen LogP contribution in [-0.2, 0) is 4.79 Å². The van der Waals surface area contributed by atoms with Gasteiger partial charge in [0.25, 0.3) is 5.91 Å². The molecule has 3 rings (SSSR count). The lowest BCUT2D eigenvalue weighted by Gasteiger charge is -2.13. The van der Waals surface area contributed by atoms with Crippen molar-refractivity contribution in [1.29, 1.82) is 0 Å². The van der Waals surface area contributed by atoms with Crippen molar-refractivity contribution >= 4 is 39.9 Å². The minimum Gasteiger partial charge on any atom is -0.425 e. The Bertz CT molecular complexity index is 988. The molecule has 0 spiro atoms. The highest BCUT2D eigenvalue weighted by molar-refractivity contribution is 6.31. The summed E-state index contributed by atoms with van der Waals surface area (Å²) in [5.41, 5.74) is 0.521. The molecule has 0 atom stereocenters. The van der Waals surface area contributed by atoms with Gasteiger partial charge in [0.05, 0.1) is 10.6 Å². The van der Waals surface area contributed by atoms with Crippen molar-refractivity contribution in [3.8, 4) is 5.75 Å². The van der Waals surface area contributed by atoms with Crippen LogP contribution >= 0.6 is 11.6 Å². The molecule has 1 amide bonds. The number of anilines is 1. The van der Waals surface area contributed by atoms with Crippen LogP contribution in [0.1, 0.15) is 17.3 Å². The van der Waals surface area contributed by atoms with Crippen molar-refractivity contribution in [3.63, 3.8) is 0 Å². The van der Waals surface area contributed by atoms with E-state index in [0.717, 1.165) is 11.5 Å². The molecule has 0 bridgehead atoms. The predicted octanol–water partition coefficient (Wildman–Crippen LogP) is 4.81. The van der Waals surface area contributed by atoms with Gasteiger partial charge >= 0.3 is 5.97 Å². The first-order valence-electron chi connectivity index (χ1n) is 7.42. The first kappa shape index (κ1) is 16.9. The summed E-state index contributed by atoms with van der Waals surface area (Å²) in [6, 6.07) is 14.4. The molecule has 3 aromatic carbocycles. The highest BCUT2D eigenvalue weighted by Crippen LogP contribution is 2.31. The Kier molecular flexibility index (Phi) is 4.67. The molecule has 126 valence electrons. The number of amides is 1. The highest BCUT2D eigenvalue weighted by atomic mass is 35.5. The Balaban J connectivity index is 2.02. The molecule has 6 heteroatoms. The van der Waals surface area contributed by atoms with Crippen molar-refractivity contribution in [2.24, 2.45) is 0 Å². The number of esters is 1. The summed E-state index contributed by atoms with van der Waals surface area (Å²) in [6.45, 7) is 1.27. The smallest absolute Gasteiger partial charge is 0.308 e. The van der Waals surface area contributed by atoms with Crippen LogP contribution in [-0.4, -0.2) is 11.9 Å². The van der Waals surface area contributed by atoms with Crippen LogP contribution in [0.15, 0.2) is 54.6 Å². The standard InChI is InChI=1S/C19H13ClFNO3/c1-11(23)25-18-14-5-3-2-4-12(14)6-8-15(18)19(24)22-13-7-9-17(21)16(20)10-13/h2-10H,1H3,(H,22,24). The molecule has 3 aromatic rings. The van der Waals surface area contributed by atoms with E-state index in [1.54, 1.807) is 24.3 Å². The monoisotopic (exact) mass is 357 g/mol. The Morgan fingerprint density at radius 3 is 2.56 bits per heavy atom. The van der Waals surface area contributed by atoms with E-state index >= 15 is 0 Å². The average molecular weight is 358 g/mol. The van der Waals surface area contributed by atoms with E-state index in [1.807, 2.05) is 12.1 Å². The summed E-state index contributed by atoms with van der Waals surface area (Å²) in [5.74, 6) is -1.43. The number of hydrogen-bond donors (Lipinski definition) is 1. The Hall–Kier alpha value is -2.92. The molecule has 0 unspecified atom stereocenters. The van der Waals surface area contributed by atoms with Crippen LogP contribution in [0.3, 0.4) is 0 Å². The van der Waals surface area contributed by atoms with Crippen molar-refractivity contribution in [3.05, 3.63) is 71.0 Å². The second kappa shape index (κ2) is 6.91. The van der Waals surface area contributed by atoms with E-state index in [4.69, 9.17) is 16.3 Å². The van der Waals surface area contributed by atoms with Crippen LogP contribution in [0.2, 0.25) is 5.02 Å². The van der Waals surface area contributed by atoms with Gasteiger partial charge in [0.1, 0.15) is 5.82 Å². The lowest BCUT2D eigenvalue weighted by molar-refractivity contribution is -0.131. The first-order chi connectivity index (χ1) is 12.0. The lowest BCUT2D eigenvalue weighted by Crippen LogP contribution is -2.15. The fraction of sp³-hybridized carbons (Fsp3) is 0.0526. The van der Waals surface area contributed by atoms with E-state index in [0.29, 0.717) is 11.1 Å². The SMILES string of the molecule is CC(=O)Oc1c(C(=O)Nc2ccc(F)c(Cl)c2)ccc2ccccc12. The van der Waals surface area contributed by atoms with E-state index in [2.05, 4.69) is 5.32 Å². The molecule has 0 saturated carbocycles. The second-order valence-electron chi connectivity index (χ2n) is 5.34. The summed E-state index contributed by atoms with van der Waals surface area (Å²) in [5, 5.41) is 4.00. The average Bonchev–Trinajstić information content (AvgIpc) is 2.58. The zero-order valence-corrected chi connectivity index (χ0v) is 13.9. The number of fused-ring (bicyclic) bond motifs is 1. The van der Waals surface area contributed by atoms with Crippen molar-refractivity contribution in [1.82, 2.24) is 0 Å². The minimum atomic E-state index is -0.578. The molecule has 0 radical (unpaired) electrons. The molecular weight excluding hydrogens is 345 g/mol. The van der Waals surface area contributed by atoms with Crippen LogP contribution < -0.4 is 10.1 Å². The number of halogens is 2. The molecule has 0 saturated heterocycles. The summed E-state index contributed by atoms with van der Waals surface area (Å²) in [7, 11) is 0. The largest absolute Gasteiger partial charge is 0.425 e. The maximum atomic E-state index is 13.2. The van der Waals surface area contributed by atoms with Crippen molar-refractivity contribution < 1.29 is 18.7 Å². The molecule has 0 aliphatic carbocycles. The number of hydrogen-bond acceptors (Lipinski definition) is 3. The third-order valence-corrected chi connectivity index (χ3v) is 3.84. The van der Waals surface area contributed by atoms with Gasteiger partial charge in [-0.25, -0.2) is 4.39 Å². The molecule has 4 nitrogen and oxygen atoms in total. The molecular formula is C19H13ClFNO3. The van der Waals surface area contributed by atoms with Crippen LogP contribution in [0, 0.1) is 5.82 Å². The quantitative estimate of drug-likeness (QED) is 0.540. The van der Waals surface area contributed by atoms with Gasteiger partial charge in [-0.1, -0.05) is 41.9 Å². The van der Waals surface area contributed by atoms with Crippen molar-refractivity contribution in [2.45, 2.75) is 6.92 Å². The van der Waals surface area contributed by atoms with Crippen LogP contribution in [0.4, 0.5) is 10.1 Å². The van der Waals surface area contributed by atoms with Crippen LogP contribution in [0.25, 0.3) is 10.8 Å². The predicted molar refractivity (Wildman–Crippen MR) is 94.6 cm³/mol. The molecule has 25 heavy (non-hydrogen) atoms. The summed E-state index contributed by atoms with van der Waals surface area (Å²) < 4.78 is 18.5. The summed E-state index contributed by atoms with van der Waals surface area (Å²) in [4.78, 5) is 24.1. The van der Waals surface area contributed by atoms with Gasteiger partial charge < -0.3 is 10.1 Å². The Labute approximate surface area is 148 Å². The van der Waals surface area contributed by atoms with Crippen molar-refractivity contribution in [2.75, 3.05) is 5.32 Å². The highest BCUT2D eigenvalue weighted by Gasteiger charge is 2.18. The number of carbonyl (C=O) groups is 2. The summed E-state index contributed by atoms with van der Waals surface area (Å²) in [6.07, 6.45) is 0. The number of carbonyl (C=O) groups excluding carboxylic acids is 2. The number of ether oxygens (including phenoxy) is 1. The fourth-order valence-corrected chi connectivity index (χ4v) is 2.63. The van der Waals surface area contributed by atoms with E-state index in [1.165, 1.54) is 19.1 Å². The zero-order chi connectivity index (χ0) is 18.0. The number of nitrogens with one attached hydrogen (secondary N) is 1. The third kappa shape index (κ3) is 3.61. The van der Waals surface area contributed by atoms with Gasteiger partial charge in [0.15, 0.2) is 5.75 Å². The Morgan fingerprint density at radius 1 is 1.08 bits per heavy atom. The molecule has 0 fully saturated rings. The molecule has 0 aromatic heterocycles. The van der Waals surface area contributed by atoms with E-state index in [9.17, 15) is 14.0 Å². The first-order valence-corrected chi connectivity index (χ1v) is 7.80. The van der Waals surface area contributed by atoms with Gasteiger partial charge in [-0.15, -0.1) is 0 Å².